The van der Waals surface area contributed by atoms with Gasteiger partial charge in [0.2, 0.25) is 0 Å². The SMILES string of the molecule is CCc1cccc(C)c1-n1c(C)cc(/C=C2\C(=O)NC(=S)N(c3cccc(C(F)(F)F)c3)C2=O)c1C. The molecule has 0 aliphatic carbocycles. The third-order valence-electron chi connectivity index (χ3n) is 6.23. The van der Waals surface area contributed by atoms with Crippen molar-refractivity contribution in [1.82, 2.24) is 9.88 Å². The summed E-state index contributed by atoms with van der Waals surface area (Å²) < 4.78 is 41.8. The summed E-state index contributed by atoms with van der Waals surface area (Å²) in [5, 5.41) is 2.15. The van der Waals surface area contributed by atoms with Crippen LogP contribution in [0.1, 0.15) is 40.6 Å². The normalized spacial score (nSPS) is 15.6. The van der Waals surface area contributed by atoms with E-state index in [9.17, 15) is 22.8 Å². The van der Waals surface area contributed by atoms with Crippen LogP contribution in [0.4, 0.5) is 18.9 Å². The van der Waals surface area contributed by atoms with Gasteiger partial charge in [-0.05, 0) is 86.4 Å². The number of halogens is 3. The Morgan fingerprint density at radius 2 is 1.72 bits per heavy atom. The Morgan fingerprint density at radius 1 is 1.03 bits per heavy atom. The van der Waals surface area contributed by atoms with Crippen molar-refractivity contribution in [1.29, 1.82) is 0 Å². The molecule has 2 aromatic carbocycles. The van der Waals surface area contributed by atoms with E-state index in [0.29, 0.717) is 5.56 Å². The largest absolute Gasteiger partial charge is 0.416 e. The topological polar surface area (TPSA) is 54.3 Å². The van der Waals surface area contributed by atoms with Gasteiger partial charge in [-0.25, -0.2) is 0 Å². The van der Waals surface area contributed by atoms with Gasteiger partial charge < -0.3 is 4.57 Å². The van der Waals surface area contributed by atoms with Crippen molar-refractivity contribution in [2.24, 2.45) is 0 Å². The fraction of sp³-hybridized carbons (Fsp3) is 0.222. The molecule has 0 bridgehead atoms. The molecule has 4 rings (SSSR count). The number of alkyl halides is 3. The maximum atomic E-state index is 13.4. The minimum absolute atomic E-state index is 0.0799. The summed E-state index contributed by atoms with van der Waals surface area (Å²) in [5.74, 6) is -1.50. The van der Waals surface area contributed by atoms with Crippen molar-refractivity contribution < 1.29 is 22.8 Å². The van der Waals surface area contributed by atoms with E-state index in [2.05, 4.69) is 22.9 Å². The third kappa shape index (κ3) is 4.46. The first-order chi connectivity index (χ1) is 16.9. The average molecular weight is 512 g/mol. The molecule has 1 N–H and O–H groups in total. The first kappa shape index (κ1) is 25.4. The molecule has 3 aromatic rings. The quantitative estimate of drug-likeness (QED) is 0.273. The molecule has 5 nitrogen and oxygen atoms in total. The maximum Gasteiger partial charge on any atom is 0.416 e. The Morgan fingerprint density at radius 3 is 2.39 bits per heavy atom. The number of aromatic nitrogens is 1. The summed E-state index contributed by atoms with van der Waals surface area (Å²) >= 11 is 5.13. The number of anilines is 1. The summed E-state index contributed by atoms with van der Waals surface area (Å²) in [4.78, 5) is 27.0. The summed E-state index contributed by atoms with van der Waals surface area (Å²) in [6, 6.07) is 12.2. The molecule has 186 valence electrons. The average Bonchev–Trinajstić information content (AvgIpc) is 3.08. The first-order valence-corrected chi connectivity index (χ1v) is 11.7. The zero-order valence-electron chi connectivity index (χ0n) is 20.2. The molecule has 0 saturated carbocycles. The van der Waals surface area contributed by atoms with Gasteiger partial charge in [0.1, 0.15) is 5.57 Å². The standard InChI is InChI=1S/C27H24F3N3O2S/c1-5-18-9-6-8-15(2)23(18)32-16(3)12-19(17(32)4)13-22-24(34)31-26(36)33(25(22)35)21-11-7-10-20(14-21)27(28,29)30/h6-14H,5H2,1-4H3,(H,31,34,36)/b22-13+. The predicted molar refractivity (Wildman–Crippen MR) is 137 cm³/mol. The van der Waals surface area contributed by atoms with Gasteiger partial charge in [-0.15, -0.1) is 0 Å². The Labute approximate surface area is 212 Å². The molecule has 1 aliphatic rings. The lowest BCUT2D eigenvalue weighted by molar-refractivity contribution is -0.137. The second kappa shape index (κ2) is 9.39. The number of nitrogens with zero attached hydrogens (tertiary/aromatic N) is 2. The van der Waals surface area contributed by atoms with Crippen molar-refractivity contribution in [3.63, 3.8) is 0 Å². The lowest BCUT2D eigenvalue weighted by atomic mass is 10.0. The van der Waals surface area contributed by atoms with E-state index >= 15 is 0 Å². The Bertz CT molecular complexity index is 1440. The van der Waals surface area contributed by atoms with Gasteiger partial charge in [0, 0.05) is 11.4 Å². The number of thiocarbonyl (C=S) groups is 1. The molecule has 1 aromatic heterocycles. The van der Waals surface area contributed by atoms with E-state index in [1.54, 1.807) is 0 Å². The van der Waals surface area contributed by atoms with Gasteiger partial charge in [0.05, 0.1) is 16.9 Å². The van der Waals surface area contributed by atoms with Crippen molar-refractivity contribution in [3.05, 3.63) is 87.7 Å². The van der Waals surface area contributed by atoms with E-state index in [4.69, 9.17) is 12.2 Å². The predicted octanol–water partition coefficient (Wildman–Crippen LogP) is 5.82. The lowest BCUT2D eigenvalue weighted by Crippen LogP contribution is -2.54. The zero-order chi connectivity index (χ0) is 26.4. The molecule has 0 radical (unpaired) electrons. The van der Waals surface area contributed by atoms with E-state index < -0.39 is 23.6 Å². The summed E-state index contributed by atoms with van der Waals surface area (Å²) in [7, 11) is 0. The molecule has 0 atom stereocenters. The number of carbonyl (C=O) groups excluding carboxylic acids is 2. The van der Waals surface area contributed by atoms with Crippen LogP contribution in [0.15, 0.2) is 54.1 Å². The number of rotatable bonds is 4. The molecule has 0 unspecified atom stereocenters. The Balaban J connectivity index is 1.80. The van der Waals surface area contributed by atoms with Crippen molar-refractivity contribution in [3.8, 4) is 5.69 Å². The van der Waals surface area contributed by atoms with Gasteiger partial charge in [-0.1, -0.05) is 31.2 Å². The molecule has 1 aliphatic heterocycles. The van der Waals surface area contributed by atoms with Crippen LogP contribution in [0.2, 0.25) is 0 Å². The molecule has 1 fully saturated rings. The van der Waals surface area contributed by atoms with Crippen LogP contribution in [-0.2, 0) is 22.2 Å². The molecule has 2 heterocycles. The minimum atomic E-state index is -4.59. The number of aryl methyl sites for hydroxylation is 3. The van der Waals surface area contributed by atoms with Crippen molar-refractivity contribution in [2.75, 3.05) is 4.90 Å². The highest BCUT2D eigenvalue weighted by Crippen LogP contribution is 2.33. The zero-order valence-corrected chi connectivity index (χ0v) is 21.0. The first-order valence-electron chi connectivity index (χ1n) is 11.3. The molecule has 2 amide bonds. The highest BCUT2D eigenvalue weighted by molar-refractivity contribution is 7.80. The van der Waals surface area contributed by atoms with Gasteiger partial charge in [0.25, 0.3) is 11.8 Å². The number of para-hydroxylation sites is 1. The second-order valence-corrected chi connectivity index (χ2v) is 8.99. The van der Waals surface area contributed by atoms with Crippen LogP contribution in [0.25, 0.3) is 11.8 Å². The molecular formula is C27H24F3N3O2S. The minimum Gasteiger partial charge on any atom is -0.317 e. The molecule has 36 heavy (non-hydrogen) atoms. The van der Waals surface area contributed by atoms with E-state index in [1.165, 1.54) is 18.2 Å². The van der Waals surface area contributed by atoms with E-state index in [0.717, 1.165) is 51.7 Å². The maximum absolute atomic E-state index is 13.4. The monoisotopic (exact) mass is 511 g/mol. The lowest BCUT2D eigenvalue weighted by Gasteiger charge is -2.29. The van der Waals surface area contributed by atoms with Gasteiger partial charge >= 0.3 is 6.18 Å². The molecule has 1 saturated heterocycles. The molecule has 0 spiro atoms. The second-order valence-electron chi connectivity index (χ2n) is 8.60. The molecular weight excluding hydrogens is 487 g/mol. The fourth-order valence-corrected chi connectivity index (χ4v) is 4.75. The van der Waals surface area contributed by atoms with Crippen LogP contribution in [0, 0.1) is 20.8 Å². The smallest absolute Gasteiger partial charge is 0.317 e. The summed E-state index contributed by atoms with van der Waals surface area (Å²) in [6.45, 7) is 7.93. The van der Waals surface area contributed by atoms with Crippen LogP contribution >= 0.6 is 12.2 Å². The van der Waals surface area contributed by atoms with E-state index in [1.807, 2.05) is 39.0 Å². The third-order valence-corrected chi connectivity index (χ3v) is 6.51. The summed E-state index contributed by atoms with van der Waals surface area (Å²) in [6.07, 6.45) is -2.31. The highest BCUT2D eigenvalue weighted by atomic mass is 32.1. The van der Waals surface area contributed by atoms with Gasteiger partial charge in [0.15, 0.2) is 5.11 Å². The number of benzene rings is 2. The summed E-state index contributed by atoms with van der Waals surface area (Å²) in [5.41, 5.74) is 4.45. The number of hydrogen-bond donors (Lipinski definition) is 1. The van der Waals surface area contributed by atoms with Crippen LogP contribution in [0.5, 0.6) is 0 Å². The highest BCUT2D eigenvalue weighted by Gasteiger charge is 2.37. The number of nitrogens with one attached hydrogen (secondary N) is 1. The number of amides is 2. The van der Waals surface area contributed by atoms with Crippen molar-refractivity contribution >= 4 is 40.9 Å². The van der Waals surface area contributed by atoms with Crippen molar-refractivity contribution in [2.45, 2.75) is 40.3 Å². The van der Waals surface area contributed by atoms with Gasteiger partial charge in [-0.3, -0.25) is 19.8 Å². The van der Waals surface area contributed by atoms with Crippen LogP contribution in [-0.4, -0.2) is 21.5 Å². The van der Waals surface area contributed by atoms with E-state index in [-0.39, 0.29) is 16.4 Å². The van der Waals surface area contributed by atoms with Crippen LogP contribution in [0.3, 0.4) is 0 Å². The number of carbonyl (C=O) groups is 2. The molecule has 9 heteroatoms. The number of hydrogen-bond acceptors (Lipinski definition) is 3. The fourth-order valence-electron chi connectivity index (χ4n) is 4.47. The van der Waals surface area contributed by atoms with Gasteiger partial charge in [-0.2, -0.15) is 13.2 Å². The Hall–Kier alpha value is -3.72. The Kier molecular flexibility index (Phi) is 6.62. The van der Waals surface area contributed by atoms with Crippen LogP contribution < -0.4 is 10.2 Å².